The predicted molar refractivity (Wildman–Crippen MR) is 71.9 cm³/mol. The van der Waals surface area contributed by atoms with Crippen molar-refractivity contribution in [3.05, 3.63) is 0 Å². The molecule has 0 aromatic rings. The molecule has 0 saturated heterocycles. The molecule has 0 aliphatic carbocycles. The van der Waals surface area contributed by atoms with Crippen LogP contribution in [0.1, 0.15) is 52.9 Å². The van der Waals surface area contributed by atoms with Gasteiger partial charge in [0.1, 0.15) is 0 Å². The molecule has 0 spiro atoms. The minimum atomic E-state index is -3.21. The number of hydrogen-bond acceptors (Lipinski definition) is 3. The van der Waals surface area contributed by atoms with E-state index in [1.807, 2.05) is 6.92 Å². The maximum atomic E-state index is 11.5. The molecule has 0 radical (unpaired) electrons. The number of nitrogens with one attached hydrogen (secondary N) is 1. The van der Waals surface area contributed by atoms with Crippen molar-refractivity contribution >= 4 is 16.0 Å². The topological polar surface area (TPSA) is 83.5 Å². The fourth-order valence-corrected chi connectivity index (χ4v) is 2.48. The lowest BCUT2D eigenvalue weighted by Crippen LogP contribution is -2.32. The van der Waals surface area contributed by atoms with Crippen LogP contribution in [0.15, 0.2) is 0 Å². The Hall–Kier alpha value is -0.620. The second-order valence-electron chi connectivity index (χ2n) is 4.86. The lowest BCUT2D eigenvalue weighted by Gasteiger charge is -2.16. The molecule has 2 N–H and O–H groups in total. The number of carboxylic acids is 1. The quantitative estimate of drug-likeness (QED) is 0.640. The summed E-state index contributed by atoms with van der Waals surface area (Å²) in [4.78, 5) is 10.5. The van der Waals surface area contributed by atoms with E-state index in [0.29, 0.717) is 19.4 Å². The molecule has 0 aliphatic heterocycles. The van der Waals surface area contributed by atoms with Crippen LogP contribution in [0.25, 0.3) is 0 Å². The minimum absolute atomic E-state index is 0.154. The van der Waals surface area contributed by atoms with Crippen LogP contribution in [0.3, 0.4) is 0 Å². The van der Waals surface area contributed by atoms with Crippen molar-refractivity contribution in [1.82, 2.24) is 4.72 Å². The molecule has 0 fully saturated rings. The van der Waals surface area contributed by atoms with Gasteiger partial charge in [-0.15, -0.1) is 0 Å². The molecule has 5 nitrogen and oxygen atoms in total. The maximum Gasteiger partial charge on any atom is 0.303 e. The Balaban J connectivity index is 4.08. The molecule has 108 valence electrons. The van der Waals surface area contributed by atoms with Gasteiger partial charge >= 0.3 is 5.97 Å². The van der Waals surface area contributed by atoms with Crippen molar-refractivity contribution in [2.75, 3.05) is 6.54 Å². The maximum absolute atomic E-state index is 11.5. The highest BCUT2D eigenvalue weighted by Crippen LogP contribution is 2.17. The molecule has 0 saturated carbocycles. The lowest BCUT2D eigenvalue weighted by atomic mass is 9.95. The number of aliphatic carboxylic acids is 1. The van der Waals surface area contributed by atoms with E-state index >= 15 is 0 Å². The van der Waals surface area contributed by atoms with Gasteiger partial charge < -0.3 is 5.11 Å². The number of sulfonamides is 1. The van der Waals surface area contributed by atoms with Gasteiger partial charge in [-0.1, -0.05) is 19.8 Å². The van der Waals surface area contributed by atoms with Crippen molar-refractivity contribution in [1.29, 1.82) is 0 Å². The van der Waals surface area contributed by atoms with E-state index in [2.05, 4.69) is 4.72 Å². The van der Waals surface area contributed by atoms with Gasteiger partial charge in [-0.25, -0.2) is 13.1 Å². The third-order valence-electron chi connectivity index (χ3n) is 2.94. The molecule has 0 aromatic carbocycles. The molecule has 0 amide bonds. The molecule has 0 rings (SSSR count). The van der Waals surface area contributed by atoms with Crippen LogP contribution in [0.5, 0.6) is 0 Å². The summed E-state index contributed by atoms with van der Waals surface area (Å²) in [6, 6.07) is 0. The fraction of sp³-hybridized carbons (Fsp3) is 0.917. The van der Waals surface area contributed by atoms with Crippen LogP contribution in [0.4, 0.5) is 0 Å². The van der Waals surface area contributed by atoms with Gasteiger partial charge in [0.25, 0.3) is 0 Å². The molecule has 1 unspecified atom stereocenters. The summed E-state index contributed by atoms with van der Waals surface area (Å²) < 4.78 is 25.6. The molecular formula is C12H25NO4S. The zero-order valence-electron chi connectivity index (χ0n) is 11.5. The van der Waals surface area contributed by atoms with Gasteiger partial charge in [-0.05, 0) is 32.6 Å². The zero-order valence-corrected chi connectivity index (χ0v) is 12.3. The molecule has 18 heavy (non-hydrogen) atoms. The Morgan fingerprint density at radius 3 is 2.28 bits per heavy atom. The first kappa shape index (κ1) is 17.4. The molecule has 0 bridgehead atoms. The fourth-order valence-electron chi connectivity index (χ4n) is 1.74. The summed E-state index contributed by atoms with van der Waals surface area (Å²) in [5.74, 6) is -0.514. The molecule has 0 heterocycles. The summed E-state index contributed by atoms with van der Waals surface area (Å²) in [5, 5.41) is 8.22. The monoisotopic (exact) mass is 279 g/mol. The summed E-state index contributed by atoms with van der Waals surface area (Å²) >= 11 is 0. The van der Waals surface area contributed by atoms with Crippen molar-refractivity contribution in [3.63, 3.8) is 0 Å². The summed E-state index contributed by atoms with van der Waals surface area (Å²) in [6.45, 7) is 5.71. The minimum Gasteiger partial charge on any atom is -0.481 e. The Morgan fingerprint density at radius 2 is 1.83 bits per heavy atom. The Labute approximate surface area is 110 Å². The second-order valence-corrected chi connectivity index (χ2v) is 7.19. The van der Waals surface area contributed by atoms with Crippen molar-refractivity contribution in [3.8, 4) is 0 Å². The largest absolute Gasteiger partial charge is 0.481 e. The third kappa shape index (κ3) is 7.66. The van der Waals surface area contributed by atoms with Gasteiger partial charge in [0, 0.05) is 13.0 Å². The summed E-state index contributed by atoms with van der Waals surface area (Å²) in [5.41, 5.74) is 0. The van der Waals surface area contributed by atoms with Crippen molar-refractivity contribution in [2.45, 2.75) is 58.1 Å². The Morgan fingerprint density at radius 1 is 1.22 bits per heavy atom. The number of carboxylic acid groups (broad SMARTS) is 1. The highest BCUT2D eigenvalue weighted by molar-refractivity contribution is 7.90. The van der Waals surface area contributed by atoms with Crippen LogP contribution in [-0.4, -0.2) is 31.3 Å². The first-order valence-electron chi connectivity index (χ1n) is 6.49. The average molecular weight is 279 g/mol. The van der Waals surface area contributed by atoms with Crippen molar-refractivity contribution < 1.29 is 18.3 Å². The molecule has 1 atom stereocenters. The third-order valence-corrected chi connectivity index (χ3v) is 4.79. The molecular weight excluding hydrogens is 254 g/mol. The van der Waals surface area contributed by atoms with E-state index in [-0.39, 0.29) is 12.3 Å². The van der Waals surface area contributed by atoms with Crippen LogP contribution >= 0.6 is 0 Å². The number of hydrogen-bond donors (Lipinski definition) is 2. The molecule has 6 heteroatoms. The highest BCUT2D eigenvalue weighted by Gasteiger charge is 2.16. The first-order chi connectivity index (χ1) is 8.29. The lowest BCUT2D eigenvalue weighted by molar-refractivity contribution is -0.137. The normalized spacial score (nSPS) is 13.8. The summed E-state index contributed by atoms with van der Waals surface area (Å²) in [6.07, 6.45) is 3.40. The van der Waals surface area contributed by atoms with E-state index in [1.54, 1.807) is 13.8 Å². The Bertz CT molecular complexity index is 338. The average Bonchev–Trinajstić information content (AvgIpc) is 2.25. The van der Waals surface area contributed by atoms with Crippen LogP contribution < -0.4 is 4.72 Å². The van der Waals surface area contributed by atoms with Gasteiger partial charge in [-0.3, -0.25) is 4.79 Å². The molecule has 0 aliphatic rings. The van der Waals surface area contributed by atoms with Gasteiger partial charge in [0.2, 0.25) is 10.0 Å². The predicted octanol–water partition coefficient (Wildman–Crippen LogP) is 1.99. The van der Waals surface area contributed by atoms with Gasteiger partial charge in [0.15, 0.2) is 0 Å². The van der Waals surface area contributed by atoms with Crippen LogP contribution in [0, 0.1) is 5.92 Å². The van der Waals surface area contributed by atoms with Crippen molar-refractivity contribution in [2.24, 2.45) is 5.92 Å². The van der Waals surface area contributed by atoms with Gasteiger partial charge in [0.05, 0.1) is 5.25 Å². The highest BCUT2D eigenvalue weighted by atomic mass is 32.2. The number of carbonyl (C=O) groups is 1. The van der Waals surface area contributed by atoms with Crippen LogP contribution in [-0.2, 0) is 14.8 Å². The molecule has 0 aromatic heterocycles. The van der Waals surface area contributed by atoms with E-state index in [1.165, 1.54) is 0 Å². The van der Waals surface area contributed by atoms with Gasteiger partial charge in [-0.2, -0.15) is 0 Å². The number of rotatable bonds is 10. The SMILES string of the molecule is CCCC(CCNS(=O)(=O)C(C)C)CCC(=O)O. The first-order valence-corrected chi connectivity index (χ1v) is 8.04. The standard InChI is InChI=1S/C12H25NO4S/c1-4-5-11(6-7-12(14)15)8-9-13-18(16,17)10(2)3/h10-11,13H,4-9H2,1-3H3,(H,14,15). The van der Waals surface area contributed by atoms with E-state index in [0.717, 1.165) is 12.8 Å². The van der Waals surface area contributed by atoms with E-state index < -0.39 is 21.2 Å². The zero-order chi connectivity index (χ0) is 14.2. The van der Waals surface area contributed by atoms with E-state index in [4.69, 9.17) is 5.11 Å². The second kappa shape index (κ2) is 8.48. The summed E-state index contributed by atoms with van der Waals surface area (Å²) in [7, 11) is -3.21. The van der Waals surface area contributed by atoms with Crippen LogP contribution in [0.2, 0.25) is 0 Å². The Kier molecular flexibility index (Phi) is 8.18. The smallest absolute Gasteiger partial charge is 0.303 e. The van der Waals surface area contributed by atoms with E-state index in [9.17, 15) is 13.2 Å².